The van der Waals surface area contributed by atoms with E-state index >= 15 is 0 Å². The van der Waals surface area contributed by atoms with Gasteiger partial charge in [-0.3, -0.25) is 4.79 Å². The fourth-order valence-corrected chi connectivity index (χ4v) is 2.47. The number of hydrogen-bond donors (Lipinski definition) is 1. The molecule has 1 heterocycles. The van der Waals surface area contributed by atoms with Gasteiger partial charge < -0.3 is 5.11 Å². The van der Waals surface area contributed by atoms with Crippen LogP contribution in [0.4, 0.5) is 0 Å². The number of rotatable bonds is 5. The monoisotopic (exact) mass is 304 g/mol. The summed E-state index contributed by atoms with van der Waals surface area (Å²) < 4.78 is 0. The van der Waals surface area contributed by atoms with Crippen LogP contribution in [-0.4, -0.2) is 21.0 Å². The van der Waals surface area contributed by atoms with E-state index in [2.05, 4.69) is 9.97 Å². The summed E-state index contributed by atoms with van der Waals surface area (Å²) in [5, 5.41) is 9.68. The molecule has 21 heavy (non-hydrogen) atoms. The van der Waals surface area contributed by atoms with Crippen molar-refractivity contribution in [2.24, 2.45) is 0 Å². The first-order chi connectivity index (χ1) is 10.0. The second-order valence-corrected chi connectivity index (χ2v) is 5.14. The molecule has 1 aromatic carbocycles. The van der Waals surface area contributed by atoms with Gasteiger partial charge in [-0.1, -0.05) is 37.6 Å². The summed E-state index contributed by atoms with van der Waals surface area (Å²) in [5.74, 6) is -0.265. The van der Waals surface area contributed by atoms with Crippen LogP contribution in [0.2, 0.25) is 5.02 Å². The van der Waals surface area contributed by atoms with Crippen molar-refractivity contribution < 1.29 is 9.90 Å². The molecule has 0 saturated carbocycles. The molecule has 0 bridgehead atoms. The Hall–Kier alpha value is -1.94. The second kappa shape index (κ2) is 6.68. The number of aryl methyl sites for hydroxylation is 2. The molecule has 110 valence electrons. The van der Waals surface area contributed by atoms with Gasteiger partial charge >= 0.3 is 5.97 Å². The molecule has 0 aliphatic carbocycles. The van der Waals surface area contributed by atoms with Crippen LogP contribution >= 0.6 is 11.6 Å². The zero-order valence-electron chi connectivity index (χ0n) is 12.1. The number of carboxylic acids is 1. The van der Waals surface area contributed by atoms with Gasteiger partial charge in [0.15, 0.2) is 5.82 Å². The van der Waals surface area contributed by atoms with E-state index in [4.69, 9.17) is 16.7 Å². The van der Waals surface area contributed by atoms with Crippen LogP contribution in [0.5, 0.6) is 0 Å². The molecule has 0 fully saturated rings. The Labute approximate surface area is 128 Å². The fraction of sp³-hybridized carbons (Fsp3) is 0.312. The Morgan fingerprint density at radius 1 is 1.19 bits per heavy atom. The summed E-state index contributed by atoms with van der Waals surface area (Å²) in [5.41, 5.74) is 3.16. The smallest absolute Gasteiger partial charge is 0.307 e. The van der Waals surface area contributed by atoms with E-state index in [-0.39, 0.29) is 6.42 Å². The van der Waals surface area contributed by atoms with Crippen molar-refractivity contribution in [2.45, 2.75) is 33.1 Å². The van der Waals surface area contributed by atoms with E-state index in [0.717, 1.165) is 22.5 Å². The first kappa shape index (κ1) is 15.4. The van der Waals surface area contributed by atoms with Crippen molar-refractivity contribution in [3.63, 3.8) is 0 Å². The summed E-state index contributed by atoms with van der Waals surface area (Å²) >= 11 is 6.01. The third kappa shape index (κ3) is 3.58. The van der Waals surface area contributed by atoms with Crippen LogP contribution in [0.1, 0.15) is 30.8 Å². The van der Waals surface area contributed by atoms with Gasteiger partial charge in [-0.15, -0.1) is 0 Å². The van der Waals surface area contributed by atoms with Gasteiger partial charge in [0.25, 0.3) is 0 Å². The molecule has 0 radical (unpaired) electrons. The maximum atomic E-state index is 11.0. The summed E-state index contributed by atoms with van der Waals surface area (Å²) in [6, 6.07) is 7.36. The summed E-state index contributed by atoms with van der Waals surface area (Å²) in [7, 11) is 0. The Bertz CT molecular complexity index is 646. The quantitative estimate of drug-likeness (QED) is 0.917. The van der Waals surface area contributed by atoms with Crippen molar-refractivity contribution in [1.82, 2.24) is 9.97 Å². The van der Waals surface area contributed by atoms with Gasteiger partial charge in [0.2, 0.25) is 0 Å². The van der Waals surface area contributed by atoms with Gasteiger partial charge in [-0.2, -0.15) is 0 Å². The van der Waals surface area contributed by atoms with E-state index in [1.165, 1.54) is 0 Å². The fourth-order valence-electron chi connectivity index (χ4n) is 2.28. The molecule has 0 atom stereocenters. The van der Waals surface area contributed by atoms with Gasteiger partial charge in [0.1, 0.15) is 0 Å². The Morgan fingerprint density at radius 3 is 2.29 bits per heavy atom. The van der Waals surface area contributed by atoms with Crippen molar-refractivity contribution in [3.05, 3.63) is 46.2 Å². The van der Waals surface area contributed by atoms with Crippen LogP contribution in [-0.2, 0) is 24.1 Å². The number of nitrogens with zero attached hydrogens (tertiary/aromatic N) is 2. The molecule has 2 rings (SSSR count). The largest absolute Gasteiger partial charge is 0.481 e. The number of hydrogen-bond acceptors (Lipinski definition) is 3. The van der Waals surface area contributed by atoms with Crippen LogP contribution in [0, 0.1) is 0 Å². The SMILES string of the molecule is CCc1nc(-c2cccc(Cl)c2)nc(CC)c1CC(=O)O. The number of aliphatic carboxylic acids is 1. The van der Waals surface area contributed by atoms with Crippen molar-refractivity contribution in [2.75, 3.05) is 0 Å². The maximum Gasteiger partial charge on any atom is 0.307 e. The molecule has 0 saturated heterocycles. The highest BCUT2D eigenvalue weighted by Gasteiger charge is 2.16. The minimum absolute atomic E-state index is 0.0395. The average molecular weight is 305 g/mol. The highest BCUT2D eigenvalue weighted by atomic mass is 35.5. The maximum absolute atomic E-state index is 11.0. The molecular formula is C16H17ClN2O2. The highest BCUT2D eigenvalue weighted by molar-refractivity contribution is 6.30. The van der Waals surface area contributed by atoms with Crippen LogP contribution < -0.4 is 0 Å². The zero-order valence-corrected chi connectivity index (χ0v) is 12.8. The minimum Gasteiger partial charge on any atom is -0.481 e. The summed E-state index contributed by atoms with van der Waals surface area (Å²) in [4.78, 5) is 20.1. The summed E-state index contributed by atoms with van der Waals surface area (Å²) in [6.45, 7) is 3.93. The number of carboxylic acid groups (broad SMARTS) is 1. The number of carbonyl (C=O) groups is 1. The molecule has 4 nitrogen and oxygen atoms in total. The molecule has 1 N–H and O–H groups in total. The summed E-state index contributed by atoms with van der Waals surface area (Å²) in [6.07, 6.45) is 1.31. The Morgan fingerprint density at radius 2 is 1.81 bits per heavy atom. The Kier molecular flexibility index (Phi) is 4.91. The van der Waals surface area contributed by atoms with E-state index in [9.17, 15) is 4.79 Å². The topological polar surface area (TPSA) is 63.1 Å². The van der Waals surface area contributed by atoms with E-state index in [0.29, 0.717) is 23.7 Å². The van der Waals surface area contributed by atoms with Crippen LogP contribution in [0.15, 0.2) is 24.3 Å². The molecule has 0 spiro atoms. The molecule has 1 aromatic heterocycles. The molecule has 0 amide bonds. The molecular weight excluding hydrogens is 288 g/mol. The lowest BCUT2D eigenvalue weighted by atomic mass is 10.0. The normalized spacial score (nSPS) is 10.6. The van der Waals surface area contributed by atoms with Gasteiger partial charge in [-0.05, 0) is 25.0 Å². The van der Waals surface area contributed by atoms with Crippen molar-refractivity contribution in [1.29, 1.82) is 0 Å². The van der Waals surface area contributed by atoms with Crippen LogP contribution in [0.25, 0.3) is 11.4 Å². The molecule has 0 unspecified atom stereocenters. The minimum atomic E-state index is -0.862. The van der Waals surface area contributed by atoms with Crippen molar-refractivity contribution in [3.8, 4) is 11.4 Å². The second-order valence-electron chi connectivity index (χ2n) is 4.71. The molecule has 0 aliphatic heterocycles. The predicted molar refractivity (Wildman–Crippen MR) is 82.6 cm³/mol. The first-order valence-electron chi connectivity index (χ1n) is 6.91. The van der Waals surface area contributed by atoms with E-state index in [1.807, 2.05) is 32.0 Å². The molecule has 0 aliphatic rings. The molecule has 5 heteroatoms. The van der Waals surface area contributed by atoms with E-state index in [1.54, 1.807) is 6.07 Å². The van der Waals surface area contributed by atoms with E-state index < -0.39 is 5.97 Å². The average Bonchev–Trinajstić information content (AvgIpc) is 2.46. The van der Waals surface area contributed by atoms with Crippen LogP contribution in [0.3, 0.4) is 0 Å². The Balaban J connectivity index is 2.57. The lowest BCUT2D eigenvalue weighted by molar-refractivity contribution is -0.136. The first-order valence-corrected chi connectivity index (χ1v) is 7.29. The highest BCUT2D eigenvalue weighted by Crippen LogP contribution is 2.23. The number of halogens is 1. The lowest BCUT2D eigenvalue weighted by Gasteiger charge is -2.12. The number of benzene rings is 1. The third-order valence-corrected chi connectivity index (χ3v) is 3.49. The predicted octanol–water partition coefficient (Wildman–Crippen LogP) is 3.55. The van der Waals surface area contributed by atoms with Gasteiger partial charge in [-0.25, -0.2) is 9.97 Å². The lowest BCUT2D eigenvalue weighted by Crippen LogP contribution is -2.11. The molecule has 2 aromatic rings. The third-order valence-electron chi connectivity index (χ3n) is 3.26. The van der Waals surface area contributed by atoms with Gasteiger partial charge in [0, 0.05) is 27.5 Å². The zero-order chi connectivity index (χ0) is 15.4. The number of aromatic nitrogens is 2. The van der Waals surface area contributed by atoms with Gasteiger partial charge in [0.05, 0.1) is 6.42 Å². The van der Waals surface area contributed by atoms with Crippen molar-refractivity contribution >= 4 is 17.6 Å². The standard InChI is InChI=1S/C16H17ClN2O2/c1-3-13-12(9-15(20)21)14(4-2)19-16(18-13)10-6-5-7-11(17)8-10/h5-8H,3-4,9H2,1-2H3,(H,20,21).